The molecule has 1 aromatic heterocycles. The van der Waals surface area contributed by atoms with Crippen molar-refractivity contribution in [1.82, 2.24) is 9.78 Å². The predicted molar refractivity (Wildman–Crippen MR) is 84.5 cm³/mol. The highest BCUT2D eigenvalue weighted by atomic mass is 35.5. The van der Waals surface area contributed by atoms with Gasteiger partial charge in [-0.2, -0.15) is 0 Å². The van der Waals surface area contributed by atoms with Gasteiger partial charge in [0.05, 0.1) is 0 Å². The molecule has 0 amide bonds. The third-order valence-electron chi connectivity index (χ3n) is 3.05. The van der Waals surface area contributed by atoms with E-state index in [1.54, 1.807) is 13.0 Å². The van der Waals surface area contributed by atoms with E-state index in [4.69, 9.17) is 23.2 Å². The summed E-state index contributed by atoms with van der Waals surface area (Å²) >= 11 is 11.8. The lowest BCUT2D eigenvalue weighted by Gasteiger charge is -2.01. The molecule has 0 aliphatic carbocycles. The first-order valence-corrected chi connectivity index (χ1v) is 7.10. The largest absolute Gasteiger partial charge is 0.299 e. The number of allylic oxidation sites excluding steroid dienone is 1. The quantitative estimate of drug-likeness (QED) is 0.674. The van der Waals surface area contributed by atoms with Gasteiger partial charge in [-0.05, 0) is 31.5 Å². The van der Waals surface area contributed by atoms with E-state index in [9.17, 15) is 9.59 Å². The monoisotopic (exact) mass is 324 g/mol. The molecule has 0 saturated carbocycles. The Bertz CT molecular complexity index is 739. The molecule has 0 aliphatic rings. The van der Waals surface area contributed by atoms with Crippen LogP contribution < -0.4 is 5.56 Å². The Balaban J connectivity index is 2.46. The van der Waals surface area contributed by atoms with Gasteiger partial charge >= 0.3 is 0 Å². The summed E-state index contributed by atoms with van der Waals surface area (Å²) in [5, 5.41) is 3.60. The number of H-pyrrole nitrogens is 1. The summed E-state index contributed by atoms with van der Waals surface area (Å²) in [7, 11) is 0. The Labute approximate surface area is 132 Å². The minimum Gasteiger partial charge on any atom is -0.299 e. The van der Waals surface area contributed by atoms with Gasteiger partial charge in [0.2, 0.25) is 5.78 Å². The normalized spacial score (nSPS) is 10.6. The van der Waals surface area contributed by atoms with Gasteiger partial charge < -0.3 is 0 Å². The van der Waals surface area contributed by atoms with E-state index < -0.39 is 5.78 Å². The van der Waals surface area contributed by atoms with E-state index in [2.05, 4.69) is 11.7 Å². The highest BCUT2D eigenvalue weighted by Crippen LogP contribution is 2.21. The standard InChI is InChI=1S/C15H14Cl2N2O2/c1-3-4-5-19-15(21)13(9(2)18-19)14(20)10-6-11(16)8-12(17)7-10/h3,6-8,18H,1,4-5H2,2H3. The Hall–Kier alpha value is -1.78. The number of nitrogens with zero attached hydrogens (tertiary/aromatic N) is 1. The number of aromatic nitrogens is 2. The molecule has 0 aliphatic heterocycles. The van der Waals surface area contributed by atoms with Gasteiger partial charge in [-0.15, -0.1) is 6.58 Å². The molecule has 1 aromatic carbocycles. The van der Waals surface area contributed by atoms with Crippen molar-refractivity contribution in [3.05, 3.63) is 68.1 Å². The van der Waals surface area contributed by atoms with Gasteiger partial charge in [0.25, 0.3) is 5.56 Å². The molecule has 21 heavy (non-hydrogen) atoms. The summed E-state index contributed by atoms with van der Waals surface area (Å²) in [4.78, 5) is 24.8. The van der Waals surface area contributed by atoms with Crippen molar-refractivity contribution in [1.29, 1.82) is 0 Å². The summed E-state index contributed by atoms with van der Waals surface area (Å²) in [6, 6.07) is 4.53. The summed E-state index contributed by atoms with van der Waals surface area (Å²) in [6.07, 6.45) is 2.34. The first kappa shape index (κ1) is 15.6. The summed E-state index contributed by atoms with van der Waals surface area (Å²) < 4.78 is 1.40. The second-order valence-electron chi connectivity index (χ2n) is 4.63. The molecule has 0 radical (unpaired) electrons. The van der Waals surface area contributed by atoms with Crippen LogP contribution in [0.5, 0.6) is 0 Å². The molecule has 0 atom stereocenters. The fourth-order valence-electron chi connectivity index (χ4n) is 2.08. The minimum absolute atomic E-state index is 0.109. The van der Waals surface area contributed by atoms with Gasteiger partial charge in [0, 0.05) is 27.8 Å². The fraction of sp³-hybridized carbons (Fsp3) is 0.200. The number of rotatable bonds is 5. The highest BCUT2D eigenvalue weighted by Gasteiger charge is 2.20. The van der Waals surface area contributed by atoms with Crippen LogP contribution in [0.25, 0.3) is 0 Å². The van der Waals surface area contributed by atoms with Crippen LogP contribution in [0.1, 0.15) is 28.0 Å². The van der Waals surface area contributed by atoms with Crippen molar-refractivity contribution in [3.63, 3.8) is 0 Å². The van der Waals surface area contributed by atoms with Crippen molar-refractivity contribution in [2.24, 2.45) is 0 Å². The maximum absolute atomic E-state index is 12.5. The van der Waals surface area contributed by atoms with E-state index >= 15 is 0 Å². The molecule has 0 saturated heterocycles. The van der Waals surface area contributed by atoms with Crippen LogP contribution in [0.15, 0.2) is 35.6 Å². The van der Waals surface area contributed by atoms with E-state index in [0.29, 0.717) is 34.3 Å². The first-order valence-electron chi connectivity index (χ1n) is 6.35. The molecule has 0 unspecified atom stereocenters. The Morgan fingerprint density at radius 2 is 1.95 bits per heavy atom. The van der Waals surface area contributed by atoms with E-state index in [1.165, 1.54) is 22.9 Å². The predicted octanol–water partition coefficient (Wildman–Crippen LogP) is 3.60. The average molecular weight is 325 g/mol. The van der Waals surface area contributed by atoms with Crippen molar-refractivity contribution in [3.8, 4) is 0 Å². The molecule has 2 aromatic rings. The lowest BCUT2D eigenvalue weighted by Crippen LogP contribution is -2.22. The zero-order valence-corrected chi connectivity index (χ0v) is 13.0. The number of nitrogens with one attached hydrogen (secondary N) is 1. The van der Waals surface area contributed by atoms with E-state index in [1.807, 2.05) is 0 Å². The number of halogens is 2. The molecule has 110 valence electrons. The maximum Gasteiger partial charge on any atom is 0.278 e. The van der Waals surface area contributed by atoms with E-state index in [0.717, 1.165) is 0 Å². The number of hydrogen-bond acceptors (Lipinski definition) is 2. The van der Waals surface area contributed by atoms with Gasteiger partial charge in [0.15, 0.2) is 0 Å². The van der Waals surface area contributed by atoms with E-state index in [-0.39, 0.29) is 11.1 Å². The van der Waals surface area contributed by atoms with Crippen LogP contribution in [0.3, 0.4) is 0 Å². The third-order valence-corrected chi connectivity index (χ3v) is 3.48. The number of aryl methyl sites for hydroxylation is 2. The zero-order chi connectivity index (χ0) is 15.6. The molecule has 0 bridgehead atoms. The minimum atomic E-state index is -0.393. The Kier molecular flexibility index (Phi) is 4.70. The molecule has 2 rings (SSSR count). The maximum atomic E-state index is 12.5. The number of ketones is 1. The molecule has 1 heterocycles. The van der Waals surface area contributed by atoms with Crippen molar-refractivity contribution >= 4 is 29.0 Å². The molecular formula is C15H14Cl2N2O2. The molecule has 0 fully saturated rings. The molecule has 6 heteroatoms. The van der Waals surface area contributed by atoms with Gasteiger partial charge in [0.1, 0.15) is 5.56 Å². The molecule has 4 nitrogen and oxygen atoms in total. The van der Waals surface area contributed by atoms with Gasteiger partial charge in [-0.1, -0.05) is 29.3 Å². The molecule has 0 spiro atoms. The zero-order valence-electron chi connectivity index (χ0n) is 11.5. The summed E-state index contributed by atoms with van der Waals surface area (Å²) in [5.74, 6) is -0.393. The lowest BCUT2D eigenvalue weighted by atomic mass is 10.0. The van der Waals surface area contributed by atoms with Crippen LogP contribution in [0.4, 0.5) is 0 Å². The Morgan fingerprint density at radius 3 is 2.52 bits per heavy atom. The topological polar surface area (TPSA) is 54.9 Å². The first-order chi connectivity index (χ1) is 9.93. The second-order valence-corrected chi connectivity index (χ2v) is 5.51. The number of hydrogen-bond donors (Lipinski definition) is 1. The molecular weight excluding hydrogens is 311 g/mol. The van der Waals surface area contributed by atoms with Gasteiger partial charge in [-0.3, -0.25) is 19.4 Å². The van der Waals surface area contributed by atoms with Crippen LogP contribution in [-0.2, 0) is 6.54 Å². The number of benzene rings is 1. The molecule has 1 N–H and O–H groups in total. The SMILES string of the molecule is C=CCCn1[nH]c(C)c(C(=O)c2cc(Cl)cc(Cl)c2)c1=O. The van der Waals surface area contributed by atoms with Gasteiger partial charge in [-0.25, -0.2) is 0 Å². The van der Waals surface area contributed by atoms with Crippen molar-refractivity contribution < 1.29 is 4.79 Å². The number of aromatic amines is 1. The Morgan fingerprint density at radius 1 is 1.33 bits per heavy atom. The van der Waals surface area contributed by atoms with Crippen molar-refractivity contribution in [2.75, 3.05) is 0 Å². The lowest BCUT2D eigenvalue weighted by molar-refractivity contribution is 0.103. The smallest absolute Gasteiger partial charge is 0.278 e. The van der Waals surface area contributed by atoms with Crippen LogP contribution in [-0.4, -0.2) is 15.6 Å². The van der Waals surface area contributed by atoms with Crippen LogP contribution in [0, 0.1) is 6.92 Å². The summed E-state index contributed by atoms with van der Waals surface area (Å²) in [6.45, 7) is 5.75. The number of carbonyl (C=O) groups excluding carboxylic acids is 1. The van der Waals surface area contributed by atoms with Crippen LogP contribution in [0.2, 0.25) is 10.0 Å². The number of carbonyl (C=O) groups is 1. The highest BCUT2D eigenvalue weighted by molar-refractivity contribution is 6.35. The average Bonchev–Trinajstić information content (AvgIpc) is 2.69. The second kappa shape index (κ2) is 6.33. The summed E-state index contributed by atoms with van der Waals surface area (Å²) in [5.41, 5.74) is 0.570. The fourth-order valence-corrected chi connectivity index (χ4v) is 2.61. The van der Waals surface area contributed by atoms with Crippen molar-refractivity contribution in [2.45, 2.75) is 19.9 Å². The van der Waals surface area contributed by atoms with Crippen LogP contribution >= 0.6 is 23.2 Å². The third kappa shape index (κ3) is 3.28.